The lowest BCUT2D eigenvalue weighted by Crippen LogP contribution is -2.21. The Bertz CT molecular complexity index is 411. The fourth-order valence-corrected chi connectivity index (χ4v) is 2.62. The first-order valence-corrected chi connectivity index (χ1v) is 7.51. The van der Waals surface area contributed by atoms with Crippen LogP contribution in [0.3, 0.4) is 0 Å². The highest BCUT2D eigenvalue weighted by Gasteiger charge is 2.22. The molecule has 0 bridgehead atoms. The van der Waals surface area contributed by atoms with E-state index in [4.69, 9.17) is 4.74 Å². The van der Waals surface area contributed by atoms with Crippen molar-refractivity contribution < 1.29 is 18.3 Å². The summed E-state index contributed by atoms with van der Waals surface area (Å²) in [5.41, 5.74) is 1.12. The summed E-state index contributed by atoms with van der Waals surface area (Å²) < 4.78 is 34.1. The first-order valence-electron chi connectivity index (χ1n) is 7.51. The van der Waals surface area contributed by atoms with Gasteiger partial charge in [0.25, 0.3) is 0 Å². The number of rotatable bonds is 8. The third kappa shape index (κ3) is 5.59. The van der Waals surface area contributed by atoms with E-state index in [0.717, 1.165) is 51.3 Å². The fourth-order valence-electron chi connectivity index (χ4n) is 2.62. The SMILES string of the molecule is CCCOC[C@@H]1CCN(Cc2ccc(OC(F)F)cc2)C1. The molecular formula is C16H23F2NO2. The van der Waals surface area contributed by atoms with Crippen LogP contribution in [0.1, 0.15) is 25.3 Å². The summed E-state index contributed by atoms with van der Waals surface area (Å²) in [6.07, 6.45) is 2.22. The van der Waals surface area contributed by atoms with Crippen molar-refractivity contribution in [1.82, 2.24) is 4.90 Å². The third-order valence-corrected chi connectivity index (χ3v) is 3.63. The molecule has 0 aliphatic carbocycles. The van der Waals surface area contributed by atoms with Gasteiger partial charge < -0.3 is 9.47 Å². The Morgan fingerprint density at radius 2 is 2.05 bits per heavy atom. The van der Waals surface area contributed by atoms with E-state index < -0.39 is 6.61 Å². The first-order chi connectivity index (χ1) is 10.2. The maximum Gasteiger partial charge on any atom is 0.387 e. The van der Waals surface area contributed by atoms with Crippen LogP contribution in [0.25, 0.3) is 0 Å². The smallest absolute Gasteiger partial charge is 0.387 e. The molecule has 1 aliphatic rings. The van der Waals surface area contributed by atoms with E-state index in [9.17, 15) is 8.78 Å². The molecule has 21 heavy (non-hydrogen) atoms. The van der Waals surface area contributed by atoms with Gasteiger partial charge in [0.05, 0.1) is 6.61 Å². The lowest BCUT2D eigenvalue weighted by Gasteiger charge is -2.16. The molecule has 0 spiro atoms. The molecule has 3 nitrogen and oxygen atoms in total. The Kier molecular flexibility index (Phi) is 6.39. The van der Waals surface area contributed by atoms with Crippen molar-refractivity contribution in [3.63, 3.8) is 0 Å². The minimum atomic E-state index is -2.77. The number of likely N-dealkylation sites (tertiary alicyclic amines) is 1. The zero-order chi connectivity index (χ0) is 15.1. The molecule has 1 aromatic rings. The summed E-state index contributed by atoms with van der Waals surface area (Å²) in [6, 6.07) is 6.88. The van der Waals surface area contributed by atoms with Gasteiger partial charge in [-0.05, 0) is 43.0 Å². The van der Waals surface area contributed by atoms with Gasteiger partial charge in [-0.25, -0.2) is 0 Å². The summed E-state index contributed by atoms with van der Waals surface area (Å²) in [5.74, 6) is 0.819. The van der Waals surface area contributed by atoms with Crippen LogP contribution in [-0.4, -0.2) is 37.8 Å². The van der Waals surface area contributed by atoms with Gasteiger partial charge in [0, 0.05) is 19.7 Å². The molecule has 1 heterocycles. The molecule has 0 N–H and O–H groups in total. The van der Waals surface area contributed by atoms with E-state index in [0.29, 0.717) is 5.92 Å². The van der Waals surface area contributed by atoms with Gasteiger partial charge in [-0.3, -0.25) is 4.90 Å². The standard InChI is InChI=1S/C16H23F2NO2/c1-2-9-20-12-14-7-8-19(11-14)10-13-3-5-15(6-4-13)21-16(17)18/h3-6,14,16H,2,7-12H2,1H3/t14-/m1/s1. The monoisotopic (exact) mass is 299 g/mol. The maximum absolute atomic E-state index is 12.1. The van der Waals surface area contributed by atoms with Gasteiger partial charge in [0.1, 0.15) is 5.75 Å². The lowest BCUT2D eigenvalue weighted by atomic mass is 10.1. The van der Waals surface area contributed by atoms with Gasteiger partial charge in [-0.2, -0.15) is 8.78 Å². The Morgan fingerprint density at radius 1 is 1.29 bits per heavy atom. The van der Waals surface area contributed by atoms with Crippen molar-refractivity contribution in [2.75, 3.05) is 26.3 Å². The van der Waals surface area contributed by atoms with Gasteiger partial charge >= 0.3 is 6.61 Å². The zero-order valence-electron chi connectivity index (χ0n) is 12.4. The minimum Gasteiger partial charge on any atom is -0.435 e. The zero-order valence-corrected chi connectivity index (χ0v) is 12.4. The molecule has 1 saturated heterocycles. The van der Waals surface area contributed by atoms with Crippen molar-refractivity contribution >= 4 is 0 Å². The summed E-state index contributed by atoms with van der Waals surface area (Å²) >= 11 is 0. The number of nitrogens with zero attached hydrogens (tertiary/aromatic N) is 1. The van der Waals surface area contributed by atoms with Crippen LogP contribution in [0.2, 0.25) is 0 Å². The van der Waals surface area contributed by atoms with E-state index in [1.807, 2.05) is 12.1 Å². The second-order valence-electron chi connectivity index (χ2n) is 5.49. The van der Waals surface area contributed by atoms with Crippen LogP contribution in [0.5, 0.6) is 5.75 Å². The summed E-state index contributed by atoms with van der Waals surface area (Å²) in [5, 5.41) is 0. The normalized spacial score (nSPS) is 19.3. The molecule has 0 saturated carbocycles. The van der Waals surface area contributed by atoms with Gasteiger partial charge in [-0.1, -0.05) is 19.1 Å². The second kappa shape index (κ2) is 8.29. The highest BCUT2D eigenvalue weighted by Crippen LogP contribution is 2.21. The van der Waals surface area contributed by atoms with Gasteiger partial charge in [0.15, 0.2) is 0 Å². The topological polar surface area (TPSA) is 21.7 Å². The summed E-state index contributed by atoms with van der Waals surface area (Å²) in [4.78, 5) is 2.38. The van der Waals surface area contributed by atoms with Crippen LogP contribution in [0, 0.1) is 5.92 Å². The Morgan fingerprint density at radius 3 is 2.71 bits per heavy atom. The Balaban J connectivity index is 1.75. The Hall–Kier alpha value is -1.20. The quantitative estimate of drug-likeness (QED) is 0.685. The molecule has 0 unspecified atom stereocenters. The molecule has 1 aliphatic heterocycles. The third-order valence-electron chi connectivity index (χ3n) is 3.63. The highest BCUT2D eigenvalue weighted by atomic mass is 19.3. The summed E-state index contributed by atoms with van der Waals surface area (Å²) in [7, 11) is 0. The largest absolute Gasteiger partial charge is 0.435 e. The average Bonchev–Trinajstić information content (AvgIpc) is 2.88. The number of benzene rings is 1. The molecule has 2 rings (SSSR count). The molecular weight excluding hydrogens is 276 g/mol. The molecule has 1 fully saturated rings. The first kappa shape index (κ1) is 16.2. The van der Waals surface area contributed by atoms with E-state index in [1.54, 1.807) is 12.1 Å². The predicted molar refractivity (Wildman–Crippen MR) is 77.6 cm³/mol. The average molecular weight is 299 g/mol. The minimum absolute atomic E-state index is 0.209. The number of alkyl halides is 2. The van der Waals surface area contributed by atoms with Crippen molar-refractivity contribution in [2.45, 2.75) is 32.9 Å². The van der Waals surface area contributed by atoms with E-state index >= 15 is 0 Å². The van der Waals surface area contributed by atoms with Crippen LogP contribution in [0.15, 0.2) is 24.3 Å². The fraction of sp³-hybridized carbons (Fsp3) is 0.625. The van der Waals surface area contributed by atoms with Crippen LogP contribution >= 0.6 is 0 Å². The van der Waals surface area contributed by atoms with Crippen LogP contribution < -0.4 is 4.74 Å². The van der Waals surface area contributed by atoms with E-state index in [1.165, 1.54) is 0 Å². The van der Waals surface area contributed by atoms with E-state index in [-0.39, 0.29) is 5.75 Å². The number of ether oxygens (including phenoxy) is 2. The number of halogens is 2. The molecule has 1 atom stereocenters. The summed E-state index contributed by atoms with van der Waals surface area (Å²) in [6.45, 7) is 3.97. The molecule has 5 heteroatoms. The van der Waals surface area contributed by atoms with Gasteiger partial charge in [-0.15, -0.1) is 0 Å². The molecule has 0 aromatic heterocycles. The van der Waals surface area contributed by atoms with Crippen LogP contribution in [0.4, 0.5) is 8.78 Å². The van der Waals surface area contributed by atoms with Crippen LogP contribution in [-0.2, 0) is 11.3 Å². The molecule has 1 aromatic carbocycles. The van der Waals surface area contributed by atoms with Crippen molar-refractivity contribution in [1.29, 1.82) is 0 Å². The molecule has 0 radical (unpaired) electrons. The predicted octanol–water partition coefficient (Wildman–Crippen LogP) is 3.54. The molecule has 118 valence electrons. The van der Waals surface area contributed by atoms with E-state index in [2.05, 4.69) is 16.6 Å². The highest BCUT2D eigenvalue weighted by molar-refractivity contribution is 5.27. The molecule has 0 amide bonds. The Labute approximate surface area is 124 Å². The van der Waals surface area contributed by atoms with Crippen molar-refractivity contribution in [2.24, 2.45) is 5.92 Å². The van der Waals surface area contributed by atoms with Crippen molar-refractivity contribution in [3.8, 4) is 5.75 Å². The van der Waals surface area contributed by atoms with Gasteiger partial charge in [0.2, 0.25) is 0 Å². The van der Waals surface area contributed by atoms with Crippen molar-refractivity contribution in [3.05, 3.63) is 29.8 Å². The maximum atomic E-state index is 12.1. The second-order valence-corrected chi connectivity index (χ2v) is 5.49. The lowest BCUT2D eigenvalue weighted by molar-refractivity contribution is -0.0498. The number of hydrogen-bond donors (Lipinski definition) is 0. The number of hydrogen-bond acceptors (Lipinski definition) is 3.